The largest absolute Gasteiger partial charge is 0.456 e. The summed E-state index contributed by atoms with van der Waals surface area (Å²) >= 11 is 0. The van der Waals surface area contributed by atoms with Crippen LogP contribution in [0.1, 0.15) is 55.5 Å². The Bertz CT molecular complexity index is 425. The van der Waals surface area contributed by atoms with E-state index in [1.807, 2.05) is 45.0 Å². The Labute approximate surface area is 108 Å². The first kappa shape index (κ1) is 13.1. The Hall–Kier alpha value is -1.35. The lowest BCUT2D eigenvalue weighted by Crippen LogP contribution is -2.34. The standard InChI is InChI=1S/C15H21NO2/c1-15(2,3)18-14(17)11-6-4-10(5-7-11)12-8-13(16)9-12/h4-7,12-13H,8-9,16H2,1-3H3. The van der Waals surface area contributed by atoms with Gasteiger partial charge in [0.2, 0.25) is 0 Å². The average molecular weight is 247 g/mol. The zero-order valence-electron chi connectivity index (χ0n) is 11.3. The third-order valence-corrected chi connectivity index (χ3v) is 3.19. The maximum Gasteiger partial charge on any atom is 0.338 e. The topological polar surface area (TPSA) is 52.3 Å². The maximum absolute atomic E-state index is 11.8. The minimum atomic E-state index is -0.448. The molecule has 2 N–H and O–H groups in total. The van der Waals surface area contributed by atoms with Crippen LogP contribution in [0.2, 0.25) is 0 Å². The molecule has 1 aliphatic carbocycles. The summed E-state index contributed by atoms with van der Waals surface area (Å²) in [5.41, 5.74) is 7.21. The Morgan fingerprint density at radius 1 is 1.22 bits per heavy atom. The van der Waals surface area contributed by atoms with E-state index in [0.29, 0.717) is 17.5 Å². The van der Waals surface area contributed by atoms with Gasteiger partial charge in [0, 0.05) is 6.04 Å². The summed E-state index contributed by atoms with van der Waals surface area (Å²) in [6, 6.07) is 8.05. The van der Waals surface area contributed by atoms with Gasteiger partial charge in [-0.3, -0.25) is 0 Å². The maximum atomic E-state index is 11.8. The second kappa shape index (κ2) is 4.73. The van der Waals surface area contributed by atoms with Crippen LogP contribution < -0.4 is 5.73 Å². The van der Waals surface area contributed by atoms with Crippen LogP contribution >= 0.6 is 0 Å². The van der Waals surface area contributed by atoms with E-state index in [0.717, 1.165) is 12.8 Å². The number of nitrogens with two attached hydrogens (primary N) is 1. The van der Waals surface area contributed by atoms with Crippen LogP contribution in [0.15, 0.2) is 24.3 Å². The van der Waals surface area contributed by atoms with E-state index in [1.54, 1.807) is 0 Å². The van der Waals surface area contributed by atoms with Gasteiger partial charge in [-0.1, -0.05) is 12.1 Å². The van der Waals surface area contributed by atoms with Crippen LogP contribution in [-0.4, -0.2) is 17.6 Å². The van der Waals surface area contributed by atoms with E-state index in [1.165, 1.54) is 5.56 Å². The monoisotopic (exact) mass is 247 g/mol. The lowest BCUT2D eigenvalue weighted by atomic mass is 9.76. The van der Waals surface area contributed by atoms with E-state index >= 15 is 0 Å². The highest BCUT2D eigenvalue weighted by Crippen LogP contribution is 2.35. The predicted molar refractivity (Wildman–Crippen MR) is 71.6 cm³/mol. The molecule has 0 saturated heterocycles. The van der Waals surface area contributed by atoms with Gasteiger partial charge in [-0.15, -0.1) is 0 Å². The van der Waals surface area contributed by atoms with Gasteiger partial charge in [0.15, 0.2) is 0 Å². The molecule has 0 atom stereocenters. The van der Waals surface area contributed by atoms with E-state index in [4.69, 9.17) is 10.5 Å². The number of hydrogen-bond donors (Lipinski definition) is 1. The molecule has 2 rings (SSSR count). The molecule has 0 spiro atoms. The third kappa shape index (κ3) is 3.10. The van der Waals surface area contributed by atoms with Gasteiger partial charge in [-0.05, 0) is 57.2 Å². The summed E-state index contributed by atoms with van der Waals surface area (Å²) in [6.45, 7) is 5.61. The molecule has 18 heavy (non-hydrogen) atoms. The van der Waals surface area contributed by atoms with E-state index < -0.39 is 5.60 Å². The van der Waals surface area contributed by atoms with Gasteiger partial charge >= 0.3 is 5.97 Å². The molecule has 0 radical (unpaired) electrons. The first-order valence-corrected chi connectivity index (χ1v) is 6.44. The van der Waals surface area contributed by atoms with Gasteiger partial charge in [0.05, 0.1) is 5.56 Å². The van der Waals surface area contributed by atoms with Crippen molar-refractivity contribution < 1.29 is 9.53 Å². The van der Waals surface area contributed by atoms with Crippen molar-refractivity contribution in [1.29, 1.82) is 0 Å². The number of carbonyl (C=O) groups is 1. The Morgan fingerprint density at radius 3 is 2.22 bits per heavy atom. The molecule has 1 aromatic carbocycles. The van der Waals surface area contributed by atoms with E-state index in [-0.39, 0.29) is 5.97 Å². The Balaban J connectivity index is 2.01. The van der Waals surface area contributed by atoms with Crippen molar-refractivity contribution in [1.82, 2.24) is 0 Å². The Morgan fingerprint density at radius 2 is 1.78 bits per heavy atom. The summed E-state index contributed by atoms with van der Waals surface area (Å²) in [7, 11) is 0. The van der Waals surface area contributed by atoms with Crippen LogP contribution in [-0.2, 0) is 4.74 Å². The molecular weight excluding hydrogens is 226 g/mol. The predicted octanol–water partition coefficient (Wildman–Crippen LogP) is 2.85. The molecule has 0 aliphatic heterocycles. The van der Waals surface area contributed by atoms with Crippen molar-refractivity contribution in [2.24, 2.45) is 5.73 Å². The summed E-state index contributed by atoms with van der Waals surface area (Å²) in [4.78, 5) is 11.8. The molecule has 1 fully saturated rings. The first-order valence-electron chi connectivity index (χ1n) is 6.44. The molecule has 0 aromatic heterocycles. The fraction of sp³-hybridized carbons (Fsp3) is 0.533. The van der Waals surface area contributed by atoms with Crippen LogP contribution in [0.4, 0.5) is 0 Å². The molecule has 0 unspecified atom stereocenters. The highest BCUT2D eigenvalue weighted by molar-refractivity contribution is 5.89. The second-order valence-electron chi connectivity index (χ2n) is 6.05. The number of esters is 1. The molecule has 0 heterocycles. The third-order valence-electron chi connectivity index (χ3n) is 3.19. The van der Waals surface area contributed by atoms with Gasteiger partial charge in [0.1, 0.15) is 5.60 Å². The summed E-state index contributed by atoms with van der Waals surface area (Å²) in [6.07, 6.45) is 2.09. The molecule has 3 heteroatoms. The number of carbonyl (C=O) groups excluding carboxylic acids is 1. The average Bonchev–Trinajstić information content (AvgIpc) is 2.23. The fourth-order valence-corrected chi connectivity index (χ4v) is 2.16. The van der Waals surface area contributed by atoms with Gasteiger partial charge in [-0.25, -0.2) is 4.79 Å². The van der Waals surface area contributed by atoms with Crippen molar-refractivity contribution in [3.8, 4) is 0 Å². The molecule has 0 amide bonds. The zero-order chi connectivity index (χ0) is 13.3. The molecule has 3 nitrogen and oxygen atoms in total. The van der Waals surface area contributed by atoms with Crippen LogP contribution in [0.3, 0.4) is 0 Å². The lowest BCUT2D eigenvalue weighted by molar-refractivity contribution is 0.00695. The van der Waals surface area contributed by atoms with E-state index in [2.05, 4.69) is 0 Å². The SMILES string of the molecule is CC(C)(C)OC(=O)c1ccc(C2CC(N)C2)cc1. The molecule has 98 valence electrons. The number of hydrogen-bond acceptors (Lipinski definition) is 3. The zero-order valence-corrected chi connectivity index (χ0v) is 11.3. The Kier molecular flexibility index (Phi) is 3.44. The number of ether oxygens (including phenoxy) is 1. The number of benzene rings is 1. The van der Waals surface area contributed by atoms with Crippen LogP contribution in [0, 0.1) is 0 Å². The van der Waals surface area contributed by atoms with Crippen LogP contribution in [0.5, 0.6) is 0 Å². The summed E-state index contributed by atoms with van der Waals surface area (Å²) < 4.78 is 5.32. The molecular formula is C15H21NO2. The van der Waals surface area contributed by atoms with Crippen LogP contribution in [0.25, 0.3) is 0 Å². The molecule has 1 aliphatic rings. The first-order chi connectivity index (χ1) is 8.35. The minimum Gasteiger partial charge on any atom is -0.456 e. The molecule has 0 bridgehead atoms. The van der Waals surface area contributed by atoms with Crippen molar-refractivity contribution in [3.05, 3.63) is 35.4 Å². The van der Waals surface area contributed by atoms with Crippen molar-refractivity contribution in [2.75, 3.05) is 0 Å². The van der Waals surface area contributed by atoms with Crippen molar-refractivity contribution in [3.63, 3.8) is 0 Å². The second-order valence-corrected chi connectivity index (χ2v) is 6.05. The van der Waals surface area contributed by atoms with Gasteiger partial charge < -0.3 is 10.5 Å². The summed E-state index contributed by atoms with van der Waals surface area (Å²) in [5.74, 6) is 0.298. The van der Waals surface area contributed by atoms with Gasteiger partial charge in [0.25, 0.3) is 0 Å². The minimum absolute atomic E-state index is 0.264. The van der Waals surface area contributed by atoms with E-state index in [9.17, 15) is 4.79 Å². The van der Waals surface area contributed by atoms with Crippen molar-refractivity contribution >= 4 is 5.97 Å². The normalized spacial score (nSPS) is 23.3. The summed E-state index contributed by atoms with van der Waals surface area (Å²) in [5, 5.41) is 0. The van der Waals surface area contributed by atoms with Gasteiger partial charge in [-0.2, -0.15) is 0 Å². The molecule has 1 aromatic rings. The van der Waals surface area contributed by atoms with Crippen molar-refractivity contribution in [2.45, 2.75) is 51.2 Å². The highest BCUT2D eigenvalue weighted by atomic mass is 16.6. The smallest absolute Gasteiger partial charge is 0.338 e. The highest BCUT2D eigenvalue weighted by Gasteiger charge is 2.27. The lowest BCUT2D eigenvalue weighted by Gasteiger charge is -2.32. The quantitative estimate of drug-likeness (QED) is 0.818. The number of rotatable bonds is 2. The molecule has 1 saturated carbocycles. The fourth-order valence-electron chi connectivity index (χ4n) is 2.16.